The number of anilines is 1. The van der Waals surface area contributed by atoms with Crippen molar-refractivity contribution >= 4 is 17.8 Å². The van der Waals surface area contributed by atoms with E-state index in [1.165, 1.54) is 6.39 Å². The van der Waals surface area contributed by atoms with Gasteiger partial charge in [-0.1, -0.05) is 19.9 Å². The number of ether oxygens (including phenoxy) is 1. The van der Waals surface area contributed by atoms with Crippen LogP contribution in [0.2, 0.25) is 0 Å². The van der Waals surface area contributed by atoms with E-state index >= 15 is 0 Å². The zero-order valence-corrected chi connectivity index (χ0v) is 17.5. The van der Waals surface area contributed by atoms with Gasteiger partial charge in [0.05, 0.1) is 5.54 Å². The molecule has 0 spiro atoms. The molecule has 0 saturated carbocycles. The van der Waals surface area contributed by atoms with Crippen molar-refractivity contribution in [1.29, 1.82) is 0 Å². The van der Waals surface area contributed by atoms with Crippen LogP contribution in [0, 0.1) is 0 Å². The largest absolute Gasteiger partial charge is 0.444 e. The number of carbonyl (C=O) groups excluding carboxylic acids is 2. The number of amides is 3. The number of alkyl carbamates (subject to hydrolysis) is 1. The first-order valence-corrected chi connectivity index (χ1v) is 9.59. The molecule has 2 rings (SSSR count). The zero-order chi connectivity index (χ0) is 21.5. The van der Waals surface area contributed by atoms with Gasteiger partial charge in [-0.25, -0.2) is 9.59 Å². The smallest absolute Gasteiger partial charge is 0.407 e. The van der Waals surface area contributed by atoms with Crippen molar-refractivity contribution in [1.82, 2.24) is 20.8 Å². The van der Waals surface area contributed by atoms with E-state index < -0.39 is 17.2 Å². The Morgan fingerprint density at radius 3 is 2.48 bits per heavy atom. The molecule has 0 aliphatic heterocycles. The first kappa shape index (κ1) is 22.2. The van der Waals surface area contributed by atoms with Gasteiger partial charge < -0.3 is 25.1 Å². The van der Waals surface area contributed by atoms with Gasteiger partial charge in [0.2, 0.25) is 12.3 Å². The van der Waals surface area contributed by atoms with Gasteiger partial charge in [0.15, 0.2) is 0 Å². The second kappa shape index (κ2) is 9.40. The van der Waals surface area contributed by atoms with Gasteiger partial charge in [-0.15, -0.1) is 10.2 Å². The third kappa shape index (κ3) is 6.78. The van der Waals surface area contributed by atoms with Crippen LogP contribution in [-0.2, 0) is 4.74 Å². The van der Waals surface area contributed by atoms with Gasteiger partial charge in [0.1, 0.15) is 5.60 Å². The molecular formula is C20H29N5O4. The van der Waals surface area contributed by atoms with Crippen LogP contribution in [-0.4, -0.2) is 40.0 Å². The highest BCUT2D eigenvalue weighted by molar-refractivity contribution is 5.90. The Morgan fingerprint density at radius 1 is 1.17 bits per heavy atom. The molecule has 0 radical (unpaired) electrons. The van der Waals surface area contributed by atoms with E-state index in [9.17, 15) is 9.59 Å². The molecule has 158 valence electrons. The fourth-order valence-corrected chi connectivity index (χ4v) is 2.71. The molecule has 3 N–H and O–H groups in total. The predicted molar refractivity (Wildman–Crippen MR) is 109 cm³/mol. The number of aromatic nitrogens is 2. The van der Waals surface area contributed by atoms with Crippen LogP contribution >= 0.6 is 0 Å². The van der Waals surface area contributed by atoms with E-state index in [0.29, 0.717) is 30.0 Å². The lowest BCUT2D eigenvalue weighted by molar-refractivity contribution is 0.0509. The normalized spacial score (nSPS) is 11.6. The minimum atomic E-state index is -0.606. The summed E-state index contributed by atoms with van der Waals surface area (Å²) in [6.45, 7) is 9.56. The van der Waals surface area contributed by atoms with Crippen LogP contribution in [0.15, 0.2) is 35.1 Å². The molecule has 3 amide bonds. The van der Waals surface area contributed by atoms with Gasteiger partial charge in [0, 0.05) is 17.8 Å². The lowest BCUT2D eigenvalue weighted by Gasteiger charge is -2.33. The maximum atomic E-state index is 12.6. The minimum absolute atomic E-state index is 0.254. The number of hydrogen-bond acceptors (Lipinski definition) is 6. The summed E-state index contributed by atoms with van der Waals surface area (Å²) in [6.07, 6.45) is 2.00. The first-order chi connectivity index (χ1) is 13.7. The molecule has 0 aliphatic rings. The van der Waals surface area contributed by atoms with Crippen LogP contribution in [0.5, 0.6) is 0 Å². The summed E-state index contributed by atoms with van der Waals surface area (Å²) >= 11 is 0. The summed E-state index contributed by atoms with van der Waals surface area (Å²) in [5, 5.41) is 16.1. The molecule has 0 bridgehead atoms. The molecule has 9 nitrogen and oxygen atoms in total. The molecule has 0 saturated heterocycles. The van der Waals surface area contributed by atoms with Gasteiger partial charge in [0.25, 0.3) is 0 Å². The fourth-order valence-electron chi connectivity index (χ4n) is 2.71. The third-order valence-electron chi connectivity index (χ3n) is 4.43. The zero-order valence-electron chi connectivity index (χ0n) is 17.5. The molecule has 2 aromatic rings. The van der Waals surface area contributed by atoms with Gasteiger partial charge in [-0.3, -0.25) is 0 Å². The molecule has 1 heterocycles. The summed E-state index contributed by atoms with van der Waals surface area (Å²) < 4.78 is 10.5. The number of urea groups is 1. The lowest BCUT2D eigenvalue weighted by Crippen LogP contribution is -2.56. The Kier molecular flexibility index (Phi) is 7.19. The molecule has 0 atom stereocenters. The number of benzene rings is 1. The van der Waals surface area contributed by atoms with Crippen LogP contribution in [0.3, 0.4) is 0 Å². The minimum Gasteiger partial charge on any atom is -0.444 e. The van der Waals surface area contributed by atoms with Crippen LogP contribution < -0.4 is 16.0 Å². The van der Waals surface area contributed by atoms with Gasteiger partial charge in [-0.2, -0.15) is 0 Å². The Balaban J connectivity index is 2.00. The highest BCUT2D eigenvalue weighted by Crippen LogP contribution is 2.21. The van der Waals surface area contributed by atoms with Crippen molar-refractivity contribution in [2.45, 2.75) is 58.6 Å². The van der Waals surface area contributed by atoms with Crippen molar-refractivity contribution in [2.24, 2.45) is 0 Å². The highest BCUT2D eigenvalue weighted by Gasteiger charge is 2.29. The second-order valence-corrected chi connectivity index (χ2v) is 7.75. The third-order valence-corrected chi connectivity index (χ3v) is 4.43. The average molecular weight is 403 g/mol. The maximum Gasteiger partial charge on any atom is 0.407 e. The Bertz CT molecular complexity index is 811. The second-order valence-electron chi connectivity index (χ2n) is 7.75. The van der Waals surface area contributed by atoms with E-state index in [1.807, 2.05) is 19.9 Å². The standard InChI is InChI=1S/C20H29N5O4/c1-6-20(7-2,12-21-18(27)29-19(3,4)5)24-17(26)23-15-10-8-9-14(11-15)16-25-22-13-28-16/h8-11,13H,6-7,12H2,1-5H3,(H,21,27)(H2,23,24,26). The van der Waals surface area contributed by atoms with Crippen molar-refractivity contribution in [3.8, 4) is 11.5 Å². The number of carbonyl (C=O) groups is 2. The SMILES string of the molecule is CCC(CC)(CNC(=O)OC(C)(C)C)NC(=O)Nc1cccc(-c2nnco2)c1. The number of nitrogens with zero attached hydrogens (tertiary/aromatic N) is 2. The molecule has 29 heavy (non-hydrogen) atoms. The van der Waals surface area contributed by atoms with Crippen molar-refractivity contribution in [2.75, 3.05) is 11.9 Å². The summed E-state index contributed by atoms with van der Waals surface area (Å²) in [4.78, 5) is 24.6. The quantitative estimate of drug-likeness (QED) is 0.644. The molecule has 1 aromatic carbocycles. The lowest BCUT2D eigenvalue weighted by atomic mass is 9.93. The van der Waals surface area contributed by atoms with E-state index in [2.05, 4.69) is 26.1 Å². The van der Waals surface area contributed by atoms with Crippen LogP contribution in [0.1, 0.15) is 47.5 Å². The number of rotatable bonds is 7. The Labute approximate surface area is 170 Å². The van der Waals surface area contributed by atoms with Gasteiger partial charge >= 0.3 is 12.1 Å². The first-order valence-electron chi connectivity index (χ1n) is 9.59. The molecule has 0 fully saturated rings. The summed E-state index contributed by atoms with van der Waals surface area (Å²) in [5.41, 5.74) is 0.0910. The van der Waals surface area contributed by atoms with Crippen LogP contribution in [0.4, 0.5) is 15.3 Å². The summed E-state index contributed by atoms with van der Waals surface area (Å²) in [7, 11) is 0. The Morgan fingerprint density at radius 2 is 1.90 bits per heavy atom. The molecular weight excluding hydrogens is 374 g/mol. The van der Waals surface area contributed by atoms with Crippen LogP contribution in [0.25, 0.3) is 11.5 Å². The van der Waals surface area contributed by atoms with Crippen molar-refractivity contribution < 1.29 is 18.7 Å². The topological polar surface area (TPSA) is 118 Å². The monoisotopic (exact) mass is 403 g/mol. The molecule has 9 heteroatoms. The van der Waals surface area contributed by atoms with Gasteiger partial charge in [-0.05, 0) is 51.8 Å². The molecule has 0 aliphatic carbocycles. The molecule has 1 aromatic heterocycles. The predicted octanol–water partition coefficient (Wildman–Crippen LogP) is 3.94. The van der Waals surface area contributed by atoms with E-state index in [1.54, 1.807) is 39.0 Å². The Hall–Kier alpha value is -3.10. The van der Waals surface area contributed by atoms with E-state index in [4.69, 9.17) is 9.15 Å². The van der Waals surface area contributed by atoms with Crippen molar-refractivity contribution in [3.63, 3.8) is 0 Å². The number of nitrogens with one attached hydrogen (secondary N) is 3. The van der Waals surface area contributed by atoms with E-state index in [0.717, 1.165) is 0 Å². The van der Waals surface area contributed by atoms with E-state index in [-0.39, 0.29) is 12.6 Å². The number of hydrogen-bond donors (Lipinski definition) is 3. The van der Waals surface area contributed by atoms with Crippen molar-refractivity contribution in [3.05, 3.63) is 30.7 Å². The fraction of sp³-hybridized carbons (Fsp3) is 0.500. The summed E-state index contributed by atoms with van der Waals surface area (Å²) in [6, 6.07) is 6.72. The maximum absolute atomic E-state index is 12.6. The average Bonchev–Trinajstić information content (AvgIpc) is 3.19. The molecule has 0 unspecified atom stereocenters. The highest BCUT2D eigenvalue weighted by atomic mass is 16.6. The summed E-state index contributed by atoms with van der Waals surface area (Å²) in [5.74, 6) is 0.368.